The molecule has 0 spiro atoms. The number of carbonyl (C=O) groups is 2. The summed E-state index contributed by atoms with van der Waals surface area (Å²) in [5.74, 6) is -0.234. The van der Waals surface area contributed by atoms with E-state index in [0.29, 0.717) is 11.8 Å². The van der Waals surface area contributed by atoms with Gasteiger partial charge >= 0.3 is 5.97 Å². The molecule has 6 nitrogen and oxygen atoms in total. The van der Waals surface area contributed by atoms with Crippen molar-refractivity contribution in [2.75, 3.05) is 39.3 Å². The number of hydrogen-bond acceptors (Lipinski definition) is 6. The molecule has 0 unspecified atom stereocenters. The van der Waals surface area contributed by atoms with Crippen LogP contribution in [-0.4, -0.2) is 53.0 Å². The van der Waals surface area contributed by atoms with Crippen molar-refractivity contribution >= 4 is 17.9 Å². The number of carbonyl (C=O) groups excluding carboxylic acids is 2. The highest BCUT2D eigenvalue weighted by Crippen LogP contribution is 2.28. The Bertz CT molecular complexity index is 541. The average Bonchev–Trinajstić information content (AvgIpc) is 3.04. The van der Waals surface area contributed by atoms with Gasteiger partial charge in [0.1, 0.15) is 0 Å². The Labute approximate surface area is 129 Å². The number of anilines is 1. The summed E-state index contributed by atoms with van der Waals surface area (Å²) in [6, 6.07) is 5.18. The predicted molar refractivity (Wildman–Crippen MR) is 81.3 cm³/mol. The first-order valence-corrected chi connectivity index (χ1v) is 7.12. The molecule has 120 valence electrons. The molecule has 22 heavy (non-hydrogen) atoms. The molecule has 1 aromatic carbocycles. The van der Waals surface area contributed by atoms with Gasteiger partial charge in [0.15, 0.2) is 12.6 Å². The second-order valence-corrected chi connectivity index (χ2v) is 5.22. The predicted octanol–water partition coefficient (Wildman–Crippen LogP) is 1.73. The van der Waals surface area contributed by atoms with Crippen LogP contribution in [0.4, 0.5) is 5.69 Å². The van der Waals surface area contributed by atoms with Crippen molar-refractivity contribution < 1.29 is 23.8 Å². The molecule has 0 aliphatic carbocycles. The zero-order chi connectivity index (χ0) is 16.1. The molecule has 0 aromatic heterocycles. The van der Waals surface area contributed by atoms with Gasteiger partial charge in [-0.05, 0) is 24.6 Å². The van der Waals surface area contributed by atoms with Gasteiger partial charge in [-0.25, -0.2) is 4.79 Å². The van der Waals surface area contributed by atoms with Gasteiger partial charge in [0.2, 0.25) is 0 Å². The van der Waals surface area contributed by atoms with Gasteiger partial charge in [-0.2, -0.15) is 0 Å². The van der Waals surface area contributed by atoms with Crippen molar-refractivity contribution in [3.63, 3.8) is 0 Å². The smallest absolute Gasteiger partial charge is 0.338 e. The zero-order valence-electron chi connectivity index (χ0n) is 13.1. The molecule has 1 aromatic rings. The van der Waals surface area contributed by atoms with E-state index < -0.39 is 5.97 Å². The number of methoxy groups -OCH3 is 3. The van der Waals surface area contributed by atoms with Crippen molar-refractivity contribution in [3.05, 3.63) is 29.3 Å². The Morgan fingerprint density at radius 2 is 2.05 bits per heavy atom. The number of hydrogen-bond donors (Lipinski definition) is 0. The van der Waals surface area contributed by atoms with Crippen LogP contribution in [0.15, 0.2) is 18.2 Å². The quantitative estimate of drug-likeness (QED) is 0.453. The van der Waals surface area contributed by atoms with Gasteiger partial charge in [-0.3, -0.25) is 4.79 Å². The van der Waals surface area contributed by atoms with Crippen molar-refractivity contribution in [1.29, 1.82) is 0 Å². The lowest BCUT2D eigenvalue weighted by molar-refractivity contribution is -0.132. The SMILES string of the molecule is COC(=O)c1ccc(N2CC[C@@H](C(OC)OC)C2)cc1C=O. The van der Waals surface area contributed by atoms with Crippen molar-refractivity contribution in [2.24, 2.45) is 5.92 Å². The van der Waals surface area contributed by atoms with E-state index in [4.69, 9.17) is 9.47 Å². The Morgan fingerprint density at radius 3 is 2.64 bits per heavy atom. The fraction of sp³-hybridized carbons (Fsp3) is 0.500. The largest absolute Gasteiger partial charge is 0.465 e. The fourth-order valence-corrected chi connectivity index (χ4v) is 2.87. The molecule has 0 amide bonds. The number of benzene rings is 1. The van der Waals surface area contributed by atoms with Gasteiger partial charge in [-0.15, -0.1) is 0 Å². The van der Waals surface area contributed by atoms with Gasteiger partial charge < -0.3 is 19.1 Å². The highest BCUT2D eigenvalue weighted by molar-refractivity contribution is 5.99. The standard InChI is InChI=1S/C16H21NO5/c1-20-15(19)14-5-4-13(8-12(14)10-18)17-7-6-11(9-17)16(21-2)22-3/h4-5,8,10-11,16H,6-7,9H2,1-3H3/t11-/m1/s1. The van der Waals surface area contributed by atoms with E-state index in [-0.39, 0.29) is 17.8 Å². The van der Waals surface area contributed by atoms with Crippen LogP contribution < -0.4 is 4.90 Å². The Balaban J connectivity index is 2.17. The first-order chi connectivity index (χ1) is 10.6. The van der Waals surface area contributed by atoms with Crippen LogP contribution in [0.25, 0.3) is 0 Å². The minimum atomic E-state index is -0.508. The maximum Gasteiger partial charge on any atom is 0.338 e. The minimum Gasteiger partial charge on any atom is -0.465 e. The van der Waals surface area contributed by atoms with Gasteiger partial charge in [0, 0.05) is 44.5 Å². The molecule has 0 saturated carbocycles. The third kappa shape index (κ3) is 3.28. The number of esters is 1. The van der Waals surface area contributed by atoms with Crippen molar-refractivity contribution in [2.45, 2.75) is 12.7 Å². The van der Waals surface area contributed by atoms with E-state index in [2.05, 4.69) is 9.64 Å². The Morgan fingerprint density at radius 1 is 1.32 bits per heavy atom. The monoisotopic (exact) mass is 307 g/mol. The molecule has 1 aliphatic heterocycles. The van der Waals surface area contributed by atoms with Crippen LogP contribution in [0.5, 0.6) is 0 Å². The molecule has 1 heterocycles. The van der Waals surface area contributed by atoms with E-state index in [1.54, 1.807) is 26.4 Å². The van der Waals surface area contributed by atoms with E-state index in [0.717, 1.165) is 25.2 Å². The summed E-state index contributed by atoms with van der Waals surface area (Å²) in [6.45, 7) is 1.63. The lowest BCUT2D eigenvalue weighted by Crippen LogP contribution is -2.28. The second kappa shape index (κ2) is 7.38. The van der Waals surface area contributed by atoms with Gasteiger partial charge in [0.05, 0.1) is 12.7 Å². The molecule has 0 N–H and O–H groups in total. The average molecular weight is 307 g/mol. The zero-order valence-corrected chi connectivity index (χ0v) is 13.1. The van der Waals surface area contributed by atoms with Crippen LogP contribution in [-0.2, 0) is 14.2 Å². The normalized spacial score (nSPS) is 17.8. The molecule has 1 aliphatic rings. The molecule has 6 heteroatoms. The molecule has 1 fully saturated rings. The first kappa shape index (κ1) is 16.5. The summed E-state index contributed by atoms with van der Waals surface area (Å²) < 4.78 is 15.3. The molecule has 2 rings (SSSR count). The van der Waals surface area contributed by atoms with Crippen LogP contribution in [0.1, 0.15) is 27.1 Å². The highest BCUT2D eigenvalue weighted by atomic mass is 16.7. The summed E-state index contributed by atoms with van der Waals surface area (Å²) in [5, 5.41) is 0. The lowest BCUT2D eigenvalue weighted by Gasteiger charge is -2.23. The molecular weight excluding hydrogens is 286 g/mol. The van der Waals surface area contributed by atoms with Gasteiger partial charge in [0.25, 0.3) is 0 Å². The van der Waals surface area contributed by atoms with E-state index in [1.165, 1.54) is 7.11 Å². The summed E-state index contributed by atoms with van der Waals surface area (Å²) in [4.78, 5) is 25.0. The first-order valence-electron chi connectivity index (χ1n) is 7.12. The number of aldehydes is 1. The topological polar surface area (TPSA) is 65.1 Å². The number of rotatable bonds is 6. The Hall–Kier alpha value is -1.92. The summed E-state index contributed by atoms with van der Waals surface area (Å²) in [5.41, 5.74) is 1.52. The lowest BCUT2D eigenvalue weighted by atomic mass is 10.1. The third-order valence-corrected chi connectivity index (χ3v) is 4.01. The summed E-state index contributed by atoms with van der Waals surface area (Å²) in [6.07, 6.45) is 1.39. The van der Waals surface area contributed by atoms with E-state index >= 15 is 0 Å². The third-order valence-electron chi connectivity index (χ3n) is 4.01. The fourth-order valence-electron chi connectivity index (χ4n) is 2.87. The van der Waals surface area contributed by atoms with Crippen LogP contribution in [0, 0.1) is 5.92 Å². The maximum atomic E-state index is 11.6. The van der Waals surface area contributed by atoms with Crippen LogP contribution >= 0.6 is 0 Å². The maximum absolute atomic E-state index is 11.6. The van der Waals surface area contributed by atoms with Crippen molar-refractivity contribution in [1.82, 2.24) is 0 Å². The molecule has 1 saturated heterocycles. The van der Waals surface area contributed by atoms with Crippen molar-refractivity contribution in [3.8, 4) is 0 Å². The highest BCUT2D eigenvalue weighted by Gasteiger charge is 2.30. The molecule has 1 atom stereocenters. The number of nitrogens with zero attached hydrogens (tertiary/aromatic N) is 1. The summed E-state index contributed by atoms with van der Waals surface area (Å²) >= 11 is 0. The van der Waals surface area contributed by atoms with Gasteiger partial charge in [-0.1, -0.05) is 0 Å². The summed E-state index contributed by atoms with van der Waals surface area (Å²) in [7, 11) is 4.56. The molecule has 0 radical (unpaired) electrons. The second-order valence-electron chi connectivity index (χ2n) is 5.22. The van der Waals surface area contributed by atoms with Crippen LogP contribution in [0.2, 0.25) is 0 Å². The minimum absolute atomic E-state index is 0.232. The van der Waals surface area contributed by atoms with E-state index in [9.17, 15) is 9.59 Å². The molecule has 0 bridgehead atoms. The molecular formula is C16H21NO5. The van der Waals surface area contributed by atoms with E-state index in [1.807, 2.05) is 6.07 Å². The van der Waals surface area contributed by atoms with Crippen LogP contribution in [0.3, 0.4) is 0 Å². The number of ether oxygens (including phenoxy) is 3. The Kier molecular flexibility index (Phi) is 5.51.